The van der Waals surface area contributed by atoms with Crippen molar-refractivity contribution in [3.63, 3.8) is 0 Å². The number of hydrogen-bond acceptors (Lipinski definition) is 1. The molecule has 3 rings (SSSR count). The van der Waals surface area contributed by atoms with Crippen LogP contribution in [-0.2, 0) is 19.3 Å². The second-order valence-corrected chi connectivity index (χ2v) is 10.5. The molecule has 27 heavy (non-hydrogen) atoms. The minimum absolute atomic E-state index is 0.458. The SMILES string of the molecule is C=C(C)CCCc1cc2c(cc1CC)C1CCC(CC(C)(C)C)CN1CC2. The zero-order valence-corrected chi connectivity index (χ0v) is 18.5. The normalized spacial score (nSPS) is 23.0. The smallest absolute Gasteiger partial charge is 0.0351 e. The van der Waals surface area contributed by atoms with Gasteiger partial charge in [0.2, 0.25) is 0 Å². The van der Waals surface area contributed by atoms with Gasteiger partial charge in [-0.15, -0.1) is 6.58 Å². The minimum atomic E-state index is 0.458. The van der Waals surface area contributed by atoms with E-state index in [9.17, 15) is 0 Å². The van der Waals surface area contributed by atoms with E-state index in [4.69, 9.17) is 0 Å². The fraction of sp³-hybridized carbons (Fsp3) is 0.692. The van der Waals surface area contributed by atoms with Crippen molar-refractivity contribution in [2.75, 3.05) is 13.1 Å². The Kier molecular flexibility index (Phi) is 6.51. The minimum Gasteiger partial charge on any atom is -0.296 e. The second-order valence-electron chi connectivity index (χ2n) is 10.5. The van der Waals surface area contributed by atoms with E-state index in [1.807, 2.05) is 0 Å². The van der Waals surface area contributed by atoms with Crippen molar-refractivity contribution in [2.45, 2.75) is 92.0 Å². The molecule has 0 radical (unpaired) electrons. The molecule has 0 saturated carbocycles. The molecule has 1 saturated heterocycles. The van der Waals surface area contributed by atoms with Crippen LogP contribution in [0, 0.1) is 11.3 Å². The van der Waals surface area contributed by atoms with Gasteiger partial charge in [-0.05, 0) is 91.9 Å². The summed E-state index contributed by atoms with van der Waals surface area (Å²) in [7, 11) is 0. The van der Waals surface area contributed by atoms with E-state index < -0.39 is 0 Å². The number of nitrogens with zero attached hydrogens (tertiary/aromatic N) is 1. The third kappa shape index (κ3) is 5.25. The number of piperidine rings is 1. The molecule has 0 aliphatic carbocycles. The summed E-state index contributed by atoms with van der Waals surface area (Å²) in [6, 6.07) is 5.84. The van der Waals surface area contributed by atoms with Crippen molar-refractivity contribution in [2.24, 2.45) is 11.3 Å². The number of aryl methyl sites for hydroxylation is 2. The lowest BCUT2D eigenvalue weighted by molar-refractivity contribution is 0.0796. The first-order valence-electron chi connectivity index (χ1n) is 11.3. The summed E-state index contributed by atoms with van der Waals surface area (Å²) in [4.78, 5) is 2.81. The summed E-state index contributed by atoms with van der Waals surface area (Å²) in [5, 5.41) is 0. The summed E-state index contributed by atoms with van der Waals surface area (Å²) in [6.45, 7) is 18.3. The Bertz CT molecular complexity index is 664. The average Bonchev–Trinajstić information content (AvgIpc) is 2.59. The van der Waals surface area contributed by atoms with Crippen LogP contribution in [0.25, 0.3) is 0 Å². The zero-order chi connectivity index (χ0) is 19.6. The van der Waals surface area contributed by atoms with Crippen LogP contribution in [0.5, 0.6) is 0 Å². The van der Waals surface area contributed by atoms with Crippen LogP contribution < -0.4 is 0 Å². The Morgan fingerprint density at radius 2 is 1.96 bits per heavy atom. The molecule has 0 bridgehead atoms. The highest BCUT2D eigenvalue weighted by molar-refractivity contribution is 5.42. The molecule has 150 valence electrons. The van der Waals surface area contributed by atoms with Crippen molar-refractivity contribution in [3.05, 3.63) is 46.5 Å². The van der Waals surface area contributed by atoms with E-state index in [2.05, 4.69) is 58.2 Å². The number of hydrogen-bond donors (Lipinski definition) is 0. The number of fused-ring (bicyclic) bond motifs is 3. The van der Waals surface area contributed by atoms with Gasteiger partial charge in [-0.3, -0.25) is 4.90 Å². The Balaban J connectivity index is 1.74. The highest BCUT2D eigenvalue weighted by Crippen LogP contribution is 2.42. The van der Waals surface area contributed by atoms with E-state index in [1.54, 1.807) is 22.3 Å². The Hall–Kier alpha value is -1.08. The van der Waals surface area contributed by atoms with Gasteiger partial charge in [-0.25, -0.2) is 0 Å². The molecule has 2 atom stereocenters. The number of allylic oxidation sites excluding steroid dienone is 1. The maximum absolute atomic E-state index is 4.07. The first kappa shape index (κ1) is 20.6. The van der Waals surface area contributed by atoms with E-state index in [0.717, 1.165) is 18.8 Å². The van der Waals surface area contributed by atoms with Crippen molar-refractivity contribution >= 4 is 0 Å². The van der Waals surface area contributed by atoms with Crippen LogP contribution in [0.15, 0.2) is 24.3 Å². The van der Waals surface area contributed by atoms with Gasteiger partial charge in [-0.1, -0.05) is 45.4 Å². The molecule has 1 fully saturated rings. The molecule has 0 spiro atoms. The van der Waals surface area contributed by atoms with Crippen molar-refractivity contribution < 1.29 is 0 Å². The Labute approximate surface area is 168 Å². The maximum atomic E-state index is 4.07. The molecule has 1 heteroatoms. The van der Waals surface area contributed by atoms with Gasteiger partial charge in [0.1, 0.15) is 0 Å². The van der Waals surface area contributed by atoms with Gasteiger partial charge >= 0.3 is 0 Å². The molecule has 2 aliphatic heterocycles. The fourth-order valence-corrected chi connectivity index (χ4v) is 5.45. The topological polar surface area (TPSA) is 3.24 Å². The van der Waals surface area contributed by atoms with E-state index >= 15 is 0 Å². The van der Waals surface area contributed by atoms with Crippen LogP contribution in [0.1, 0.15) is 95.0 Å². The molecule has 0 N–H and O–H groups in total. The third-order valence-electron chi connectivity index (χ3n) is 6.60. The first-order chi connectivity index (χ1) is 12.8. The van der Waals surface area contributed by atoms with Gasteiger partial charge in [-0.2, -0.15) is 0 Å². The summed E-state index contributed by atoms with van der Waals surface area (Å²) >= 11 is 0. The summed E-state index contributed by atoms with van der Waals surface area (Å²) < 4.78 is 0. The zero-order valence-electron chi connectivity index (χ0n) is 18.5. The van der Waals surface area contributed by atoms with Crippen LogP contribution in [-0.4, -0.2) is 18.0 Å². The molecule has 2 unspecified atom stereocenters. The predicted octanol–water partition coefficient (Wildman–Crippen LogP) is 6.89. The Morgan fingerprint density at radius 3 is 2.63 bits per heavy atom. The summed E-state index contributed by atoms with van der Waals surface area (Å²) in [5.74, 6) is 0.884. The summed E-state index contributed by atoms with van der Waals surface area (Å²) in [6.07, 6.45) is 10.1. The average molecular weight is 368 g/mol. The van der Waals surface area contributed by atoms with E-state index in [-0.39, 0.29) is 0 Å². The third-order valence-corrected chi connectivity index (χ3v) is 6.60. The molecule has 1 aromatic rings. The first-order valence-corrected chi connectivity index (χ1v) is 11.3. The molecule has 1 aromatic carbocycles. The fourth-order valence-electron chi connectivity index (χ4n) is 5.45. The van der Waals surface area contributed by atoms with Gasteiger partial charge in [0, 0.05) is 19.1 Å². The molecular weight excluding hydrogens is 326 g/mol. The number of benzene rings is 1. The van der Waals surface area contributed by atoms with Crippen LogP contribution in [0.2, 0.25) is 0 Å². The predicted molar refractivity (Wildman–Crippen MR) is 118 cm³/mol. The maximum Gasteiger partial charge on any atom is 0.0351 e. The van der Waals surface area contributed by atoms with Crippen LogP contribution in [0.4, 0.5) is 0 Å². The molecule has 0 aromatic heterocycles. The molecular formula is C26H41N. The van der Waals surface area contributed by atoms with E-state index in [1.165, 1.54) is 57.2 Å². The molecule has 2 heterocycles. The summed E-state index contributed by atoms with van der Waals surface area (Å²) in [5.41, 5.74) is 8.28. The lowest BCUT2D eigenvalue weighted by Crippen LogP contribution is -2.43. The number of rotatable bonds is 6. The lowest BCUT2D eigenvalue weighted by atomic mass is 9.76. The van der Waals surface area contributed by atoms with Crippen LogP contribution >= 0.6 is 0 Å². The highest BCUT2D eigenvalue weighted by atomic mass is 15.2. The molecule has 1 nitrogen and oxygen atoms in total. The van der Waals surface area contributed by atoms with Gasteiger partial charge in [0.25, 0.3) is 0 Å². The van der Waals surface area contributed by atoms with Gasteiger partial charge in [0.15, 0.2) is 0 Å². The van der Waals surface area contributed by atoms with Crippen molar-refractivity contribution in [1.82, 2.24) is 4.90 Å². The standard InChI is InChI=1S/C26H41N/c1-7-21-16-24-23(15-22(21)10-8-9-19(2)3)13-14-27-18-20(11-12-25(24)27)17-26(4,5)6/h15-16,20,25H,2,7-14,17-18H2,1,3-6H3. The van der Waals surface area contributed by atoms with Crippen LogP contribution in [0.3, 0.4) is 0 Å². The quantitative estimate of drug-likeness (QED) is 0.495. The van der Waals surface area contributed by atoms with Gasteiger partial charge < -0.3 is 0 Å². The highest BCUT2D eigenvalue weighted by Gasteiger charge is 2.34. The molecule has 2 aliphatic rings. The van der Waals surface area contributed by atoms with Crippen molar-refractivity contribution in [1.29, 1.82) is 0 Å². The second kappa shape index (κ2) is 8.52. The van der Waals surface area contributed by atoms with Gasteiger partial charge in [0.05, 0.1) is 0 Å². The lowest BCUT2D eigenvalue weighted by Gasteiger charge is -2.45. The molecule has 0 amide bonds. The van der Waals surface area contributed by atoms with E-state index in [0.29, 0.717) is 11.5 Å². The monoisotopic (exact) mass is 367 g/mol. The Morgan fingerprint density at radius 1 is 1.19 bits per heavy atom. The largest absolute Gasteiger partial charge is 0.296 e. The van der Waals surface area contributed by atoms with Crippen molar-refractivity contribution in [3.8, 4) is 0 Å².